The van der Waals surface area contributed by atoms with Crippen molar-refractivity contribution in [3.8, 4) is 0 Å². The summed E-state index contributed by atoms with van der Waals surface area (Å²) < 4.78 is 0. The first-order valence-electron chi connectivity index (χ1n) is 9.07. The standard InChI is InChI=1S/C22H32Si/c1-6-19(21-10-8-7-9-11-21)13-12-18(2)20-14-16-22(17-15-20)23(3,4)5/h7-11,14-19H,6,12-13H2,1-5H3. The van der Waals surface area contributed by atoms with Crippen molar-refractivity contribution in [3.05, 3.63) is 65.7 Å². The summed E-state index contributed by atoms with van der Waals surface area (Å²) in [5.41, 5.74) is 2.99. The SMILES string of the molecule is CCC(CCC(C)c1ccc([Si](C)(C)C)cc1)c1ccccc1. The lowest BCUT2D eigenvalue weighted by Crippen LogP contribution is -2.37. The van der Waals surface area contributed by atoms with Gasteiger partial charge in [-0.1, -0.05) is 93.3 Å². The van der Waals surface area contributed by atoms with E-state index in [2.05, 4.69) is 88.1 Å². The van der Waals surface area contributed by atoms with Gasteiger partial charge < -0.3 is 0 Å². The molecule has 2 unspecified atom stereocenters. The molecule has 0 fully saturated rings. The maximum atomic E-state index is 2.41. The van der Waals surface area contributed by atoms with Crippen molar-refractivity contribution < 1.29 is 0 Å². The van der Waals surface area contributed by atoms with Crippen LogP contribution in [0.15, 0.2) is 54.6 Å². The summed E-state index contributed by atoms with van der Waals surface area (Å²) in [6.45, 7) is 11.9. The summed E-state index contributed by atoms with van der Waals surface area (Å²) >= 11 is 0. The van der Waals surface area contributed by atoms with Crippen LogP contribution in [0.2, 0.25) is 19.6 Å². The Hall–Kier alpha value is -1.34. The highest BCUT2D eigenvalue weighted by Crippen LogP contribution is 2.29. The highest BCUT2D eigenvalue weighted by atomic mass is 28.3. The predicted octanol–water partition coefficient (Wildman–Crippen LogP) is 6.31. The fourth-order valence-electron chi connectivity index (χ4n) is 3.26. The lowest BCUT2D eigenvalue weighted by molar-refractivity contribution is 0.535. The molecule has 2 atom stereocenters. The molecule has 0 aliphatic heterocycles. The summed E-state index contributed by atoms with van der Waals surface area (Å²) in [6.07, 6.45) is 3.77. The molecule has 2 aromatic rings. The second kappa shape index (κ2) is 7.96. The van der Waals surface area contributed by atoms with Gasteiger partial charge in [-0.25, -0.2) is 0 Å². The van der Waals surface area contributed by atoms with Gasteiger partial charge in [-0.3, -0.25) is 0 Å². The molecule has 124 valence electrons. The highest BCUT2D eigenvalue weighted by Gasteiger charge is 2.17. The average Bonchev–Trinajstić information content (AvgIpc) is 2.55. The van der Waals surface area contributed by atoms with Crippen LogP contribution in [0.25, 0.3) is 0 Å². The van der Waals surface area contributed by atoms with Crippen LogP contribution in [0.4, 0.5) is 0 Å². The normalized spacial score (nSPS) is 14.5. The average molecular weight is 325 g/mol. The molecule has 0 heterocycles. The van der Waals surface area contributed by atoms with Crippen molar-refractivity contribution in [2.75, 3.05) is 0 Å². The highest BCUT2D eigenvalue weighted by molar-refractivity contribution is 6.88. The zero-order chi connectivity index (χ0) is 16.9. The maximum absolute atomic E-state index is 2.41. The summed E-state index contributed by atoms with van der Waals surface area (Å²) in [7, 11) is -1.18. The Morgan fingerprint density at radius 2 is 1.39 bits per heavy atom. The molecule has 0 bridgehead atoms. The number of benzene rings is 2. The van der Waals surface area contributed by atoms with Gasteiger partial charge in [0.15, 0.2) is 0 Å². The van der Waals surface area contributed by atoms with E-state index in [0.29, 0.717) is 11.8 Å². The molecule has 0 spiro atoms. The topological polar surface area (TPSA) is 0 Å². The van der Waals surface area contributed by atoms with Crippen LogP contribution in [0.5, 0.6) is 0 Å². The van der Waals surface area contributed by atoms with Gasteiger partial charge in [-0.05, 0) is 42.2 Å². The molecule has 0 aromatic heterocycles. The summed E-state index contributed by atoms with van der Waals surface area (Å²) in [4.78, 5) is 0. The predicted molar refractivity (Wildman–Crippen MR) is 107 cm³/mol. The van der Waals surface area contributed by atoms with E-state index in [1.807, 2.05) is 0 Å². The minimum absolute atomic E-state index is 0.642. The van der Waals surface area contributed by atoms with Gasteiger partial charge in [0.1, 0.15) is 0 Å². The summed E-state index contributed by atoms with van der Waals surface area (Å²) in [5, 5.41) is 1.56. The Morgan fingerprint density at radius 3 is 1.91 bits per heavy atom. The monoisotopic (exact) mass is 324 g/mol. The Morgan fingerprint density at radius 1 is 0.783 bits per heavy atom. The molecule has 0 saturated heterocycles. The van der Waals surface area contributed by atoms with Gasteiger partial charge in [0.2, 0.25) is 0 Å². The third kappa shape index (κ3) is 5.07. The first-order chi connectivity index (χ1) is 10.9. The molecule has 0 radical (unpaired) electrons. The largest absolute Gasteiger partial charge is 0.0775 e. The molecule has 0 aliphatic carbocycles. The van der Waals surface area contributed by atoms with Gasteiger partial charge in [0.05, 0.1) is 8.07 Å². The van der Waals surface area contributed by atoms with Crippen molar-refractivity contribution in [2.45, 2.75) is 64.6 Å². The molecule has 2 rings (SSSR count). The van der Waals surface area contributed by atoms with E-state index in [0.717, 1.165) is 0 Å². The molecule has 1 heteroatoms. The fraction of sp³-hybridized carbons (Fsp3) is 0.455. The lowest BCUT2D eigenvalue weighted by Gasteiger charge is -2.20. The minimum Gasteiger partial charge on any atom is -0.0656 e. The molecule has 0 saturated carbocycles. The van der Waals surface area contributed by atoms with Crippen molar-refractivity contribution in [2.24, 2.45) is 0 Å². The summed E-state index contributed by atoms with van der Waals surface area (Å²) in [5.74, 6) is 1.34. The molecular weight excluding hydrogens is 292 g/mol. The van der Waals surface area contributed by atoms with Crippen LogP contribution in [-0.2, 0) is 0 Å². The molecule has 0 amide bonds. The zero-order valence-electron chi connectivity index (χ0n) is 15.5. The van der Waals surface area contributed by atoms with Gasteiger partial charge in [-0.2, -0.15) is 0 Å². The van der Waals surface area contributed by atoms with Crippen LogP contribution in [-0.4, -0.2) is 8.07 Å². The quantitative estimate of drug-likeness (QED) is 0.524. The Bertz CT molecular complexity index is 578. The van der Waals surface area contributed by atoms with Crippen LogP contribution in [0.3, 0.4) is 0 Å². The lowest BCUT2D eigenvalue weighted by atomic mass is 9.87. The molecule has 0 aliphatic rings. The van der Waals surface area contributed by atoms with Gasteiger partial charge in [0.25, 0.3) is 0 Å². The molecule has 0 N–H and O–H groups in total. The van der Waals surface area contributed by atoms with E-state index in [1.54, 1.807) is 5.19 Å². The van der Waals surface area contributed by atoms with E-state index >= 15 is 0 Å². The maximum Gasteiger partial charge on any atom is 0.0775 e. The second-order valence-electron chi connectivity index (χ2n) is 7.87. The Labute approximate surface area is 144 Å². The molecule has 23 heavy (non-hydrogen) atoms. The zero-order valence-corrected chi connectivity index (χ0v) is 16.5. The van der Waals surface area contributed by atoms with Crippen molar-refractivity contribution in [1.29, 1.82) is 0 Å². The van der Waals surface area contributed by atoms with Crippen molar-refractivity contribution in [3.63, 3.8) is 0 Å². The van der Waals surface area contributed by atoms with E-state index < -0.39 is 8.07 Å². The summed E-state index contributed by atoms with van der Waals surface area (Å²) in [6, 6.07) is 20.5. The minimum atomic E-state index is -1.18. The molecule has 0 nitrogen and oxygen atoms in total. The number of hydrogen-bond donors (Lipinski definition) is 0. The van der Waals surface area contributed by atoms with Crippen molar-refractivity contribution >= 4 is 13.3 Å². The van der Waals surface area contributed by atoms with Gasteiger partial charge in [0, 0.05) is 0 Å². The van der Waals surface area contributed by atoms with Crippen LogP contribution < -0.4 is 5.19 Å². The van der Waals surface area contributed by atoms with Crippen LogP contribution in [0.1, 0.15) is 56.1 Å². The Balaban J connectivity index is 1.97. The molecular formula is C22H32Si. The Kier molecular flexibility index (Phi) is 6.23. The van der Waals surface area contributed by atoms with Crippen molar-refractivity contribution in [1.82, 2.24) is 0 Å². The second-order valence-corrected chi connectivity index (χ2v) is 12.9. The van der Waals surface area contributed by atoms with E-state index in [9.17, 15) is 0 Å². The van der Waals surface area contributed by atoms with E-state index in [4.69, 9.17) is 0 Å². The third-order valence-electron chi connectivity index (χ3n) is 5.06. The van der Waals surface area contributed by atoms with Crippen LogP contribution in [0, 0.1) is 0 Å². The van der Waals surface area contributed by atoms with Crippen LogP contribution >= 0.6 is 0 Å². The van der Waals surface area contributed by atoms with E-state index in [1.165, 1.54) is 30.4 Å². The number of hydrogen-bond acceptors (Lipinski definition) is 0. The van der Waals surface area contributed by atoms with Gasteiger partial charge in [-0.15, -0.1) is 0 Å². The van der Waals surface area contributed by atoms with E-state index in [-0.39, 0.29) is 0 Å². The fourth-order valence-corrected chi connectivity index (χ4v) is 4.43. The molecule has 2 aromatic carbocycles. The smallest absolute Gasteiger partial charge is 0.0656 e. The van der Waals surface area contributed by atoms with Gasteiger partial charge >= 0.3 is 0 Å². The first-order valence-corrected chi connectivity index (χ1v) is 12.6. The number of rotatable bonds is 7. The third-order valence-corrected chi connectivity index (χ3v) is 7.12. The first kappa shape index (κ1) is 18.0.